The van der Waals surface area contributed by atoms with Crippen LogP contribution < -0.4 is 4.90 Å². The van der Waals surface area contributed by atoms with E-state index in [0.29, 0.717) is 18.8 Å². The fourth-order valence-corrected chi connectivity index (χ4v) is 2.20. The number of esters is 1. The predicted octanol–water partition coefficient (Wildman–Crippen LogP) is 2.55. The van der Waals surface area contributed by atoms with Gasteiger partial charge in [-0.15, -0.1) is 11.3 Å². The van der Waals surface area contributed by atoms with E-state index in [2.05, 4.69) is 4.98 Å². The lowest BCUT2D eigenvalue weighted by molar-refractivity contribution is 0.0520. The minimum absolute atomic E-state index is 0.350. The Morgan fingerprint density at radius 3 is 3.11 bits per heavy atom. The van der Waals surface area contributed by atoms with Gasteiger partial charge < -0.3 is 14.1 Å². The molecule has 0 aliphatic heterocycles. The highest BCUT2D eigenvalue weighted by molar-refractivity contribution is 7.13. The fourth-order valence-electron chi connectivity index (χ4n) is 1.44. The van der Waals surface area contributed by atoms with Crippen LogP contribution in [0.2, 0.25) is 0 Å². The molecule has 0 amide bonds. The third kappa shape index (κ3) is 2.89. The normalized spacial score (nSPS) is 10.3. The highest BCUT2D eigenvalue weighted by Gasteiger charge is 2.14. The van der Waals surface area contributed by atoms with Gasteiger partial charge in [0.1, 0.15) is 5.76 Å². The zero-order valence-corrected chi connectivity index (χ0v) is 11.1. The van der Waals surface area contributed by atoms with Gasteiger partial charge in [-0.05, 0) is 19.1 Å². The number of ether oxygens (including phenoxy) is 1. The minimum atomic E-state index is -0.383. The maximum atomic E-state index is 11.5. The second-order valence-corrected chi connectivity index (χ2v) is 4.51. The van der Waals surface area contributed by atoms with Crippen molar-refractivity contribution in [3.8, 4) is 0 Å². The van der Waals surface area contributed by atoms with Gasteiger partial charge in [0.25, 0.3) is 0 Å². The molecule has 0 aliphatic rings. The Morgan fingerprint density at radius 1 is 1.61 bits per heavy atom. The maximum Gasteiger partial charge on any atom is 0.357 e. The van der Waals surface area contributed by atoms with Crippen LogP contribution in [0.3, 0.4) is 0 Å². The van der Waals surface area contributed by atoms with E-state index in [-0.39, 0.29) is 5.97 Å². The summed E-state index contributed by atoms with van der Waals surface area (Å²) in [6, 6.07) is 3.74. The predicted molar refractivity (Wildman–Crippen MR) is 68.9 cm³/mol. The zero-order valence-electron chi connectivity index (χ0n) is 10.3. The van der Waals surface area contributed by atoms with Crippen LogP contribution >= 0.6 is 11.3 Å². The second-order valence-electron chi connectivity index (χ2n) is 3.67. The summed E-state index contributed by atoms with van der Waals surface area (Å²) in [7, 11) is 1.90. The summed E-state index contributed by atoms with van der Waals surface area (Å²) in [5, 5.41) is 2.46. The molecule has 0 radical (unpaired) electrons. The van der Waals surface area contributed by atoms with Gasteiger partial charge in [0, 0.05) is 12.4 Å². The molecule has 2 aromatic heterocycles. The second kappa shape index (κ2) is 5.68. The highest BCUT2D eigenvalue weighted by Crippen LogP contribution is 2.21. The molecule has 5 nitrogen and oxygen atoms in total. The molecule has 0 aliphatic carbocycles. The first-order valence-electron chi connectivity index (χ1n) is 5.57. The third-order valence-corrected chi connectivity index (χ3v) is 3.23. The largest absolute Gasteiger partial charge is 0.467 e. The van der Waals surface area contributed by atoms with Crippen LogP contribution in [0.15, 0.2) is 28.2 Å². The van der Waals surface area contributed by atoms with Crippen LogP contribution in [0, 0.1) is 0 Å². The van der Waals surface area contributed by atoms with Crippen LogP contribution in [-0.4, -0.2) is 24.6 Å². The van der Waals surface area contributed by atoms with Gasteiger partial charge in [-0.1, -0.05) is 0 Å². The first-order valence-corrected chi connectivity index (χ1v) is 6.45. The van der Waals surface area contributed by atoms with Gasteiger partial charge in [0.15, 0.2) is 10.8 Å². The van der Waals surface area contributed by atoms with E-state index in [4.69, 9.17) is 9.15 Å². The number of furan rings is 1. The summed E-state index contributed by atoms with van der Waals surface area (Å²) < 4.78 is 10.2. The van der Waals surface area contributed by atoms with Crippen molar-refractivity contribution < 1.29 is 13.9 Å². The number of rotatable bonds is 5. The van der Waals surface area contributed by atoms with E-state index < -0.39 is 0 Å². The van der Waals surface area contributed by atoms with E-state index in [0.717, 1.165) is 10.9 Å². The molecule has 0 unspecified atom stereocenters. The number of hydrogen-bond donors (Lipinski definition) is 0. The summed E-state index contributed by atoms with van der Waals surface area (Å²) in [6.07, 6.45) is 1.63. The molecular weight excluding hydrogens is 252 g/mol. The van der Waals surface area contributed by atoms with Crippen molar-refractivity contribution in [2.75, 3.05) is 18.6 Å². The summed E-state index contributed by atoms with van der Waals surface area (Å²) in [6.45, 7) is 2.74. The van der Waals surface area contributed by atoms with Crippen molar-refractivity contribution in [1.82, 2.24) is 4.98 Å². The topological polar surface area (TPSA) is 55.6 Å². The SMILES string of the molecule is CCOC(=O)c1csc(N(C)Cc2ccco2)n1. The molecule has 2 heterocycles. The smallest absolute Gasteiger partial charge is 0.357 e. The van der Waals surface area contributed by atoms with Crippen LogP contribution in [0.1, 0.15) is 23.2 Å². The Kier molecular flexibility index (Phi) is 3.99. The lowest BCUT2D eigenvalue weighted by atomic mass is 10.4. The summed E-state index contributed by atoms with van der Waals surface area (Å²) >= 11 is 1.41. The maximum absolute atomic E-state index is 11.5. The molecule has 0 atom stereocenters. The quantitative estimate of drug-likeness (QED) is 0.778. The van der Waals surface area contributed by atoms with Gasteiger partial charge in [-0.25, -0.2) is 9.78 Å². The molecule has 0 N–H and O–H groups in total. The number of carbonyl (C=O) groups is 1. The number of carbonyl (C=O) groups excluding carboxylic acids is 1. The standard InChI is InChI=1S/C12H14N2O3S/c1-3-16-11(15)10-8-18-12(13-10)14(2)7-9-5-4-6-17-9/h4-6,8H,3,7H2,1-2H3. The molecule has 2 aromatic rings. The van der Waals surface area contributed by atoms with Crippen LogP contribution in [0.4, 0.5) is 5.13 Å². The van der Waals surface area contributed by atoms with Gasteiger partial charge in [-0.2, -0.15) is 0 Å². The molecule has 0 saturated carbocycles. The summed E-state index contributed by atoms with van der Waals surface area (Å²) in [4.78, 5) is 17.6. The first kappa shape index (κ1) is 12.6. The van der Waals surface area contributed by atoms with Crippen molar-refractivity contribution in [3.63, 3.8) is 0 Å². The Morgan fingerprint density at radius 2 is 2.44 bits per heavy atom. The lowest BCUT2D eigenvalue weighted by Crippen LogP contribution is -2.16. The molecule has 0 aromatic carbocycles. The number of nitrogens with zero attached hydrogens (tertiary/aromatic N) is 2. The van der Waals surface area contributed by atoms with E-state index in [1.807, 2.05) is 24.1 Å². The van der Waals surface area contributed by atoms with Crippen molar-refractivity contribution in [2.24, 2.45) is 0 Å². The first-order chi connectivity index (χ1) is 8.70. The molecule has 2 rings (SSSR count). The minimum Gasteiger partial charge on any atom is -0.467 e. The summed E-state index contributed by atoms with van der Waals surface area (Å²) in [5.74, 6) is 0.469. The average Bonchev–Trinajstić information content (AvgIpc) is 2.99. The van der Waals surface area contributed by atoms with Crippen LogP contribution in [-0.2, 0) is 11.3 Å². The molecule has 0 bridgehead atoms. The Bertz CT molecular complexity index is 507. The van der Waals surface area contributed by atoms with Gasteiger partial charge >= 0.3 is 5.97 Å². The number of hydrogen-bond acceptors (Lipinski definition) is 6. The molecule has 0 spiro atoms. The lowest BCUT2D eigenvalue weighted by Gasteiger charge is -2.13. The molecule has 18 heavy (non-hydrogen) atoms. The Balaban J connectivity index is 2.03. The van der Waals surface area contributed by atoms with Crippen LogP contribution in [0.5, 0.6) is 0 Å². The van der Waals surface area contributed by atoms with Crippen molar-refractivity contribution >= 4 is 22.4 Å². The zero-order chi connectivity index (χ0) is 13.0. The van der Waals surface area contributed by atoms with E-state index in [1.165, 1.54) is 11.3 Å². The van der Waals surface area contributed by atoms with Crippen molar-refractivity contribution in [2.45, 2.75) is 13.5 Å². The highest BCUT2D eigenvalue weighted by atomic mass is 32.1. The van der Waals surface area contributed by atoms with Gasteiger partial charge in [-0.3, -0.25) is 0 Å². The fraction of sp³-hybridized carbons (Fsp3) is 0.333. The Labute approximate surface area is 109 Å². The van der Waals surface area contributed by atoms with Crippen LogP contribution in [0.25, 0.3) is 0 Å². The number of anilines is 1. The number of thiazole rings is 1. The number of aromatic nitrogens is 1. The van der Waals surface area contributed by atoms with E-state index >= 15 is 0 Å². The molecule has 0 fully saturated rings. The molecule has 96 valence electrons. The monoisotopic (exact) mass is 266 g/mol. The van der Waals surface area contributed by atoms with Crippen molar-refractivity contribution in [1.29, 1.82) is 0 Å². The third-order valence-electron chi connectivity index (χ3n) is 2.28. The Hall–Kier alpha value is -1.82. The molecular formula is C12H14N2O3S. The molecule has 6 heteroatoms. The van der Waals surface area contributed by atoms with E-state index in [9.17, 15) is 4.79 Å². The van der Waals surface area contributed by atoms with Gasteiger partial charge in [0.2, 0.25) is 0 Å². The van der Waals surface area contributed by atoms with Gasteiger partial charge in [0.05, 0.1) is 19.4 Å². The molecule has 0 saturated heterocycles. The van der Waals surface area contributed by atoms with E-state index in [1.54, 1.807) is 18.6 Å². The van der Waals surface area contributed by atoms with Crippen molar-refractivity contribution in [3.05, 3.63) is 35.2 Å². The average molecular weight is 266 g/mol. The summed E-state index contributed by atoms with van der Waals surface area (Å²) in [5.41, 5.74) is 0.350.